The monoisotopic (exact) mass is 1390 g/mol. The Morgan fingerprint density at radius 3 is 1.65 bits per heavy atom. The third-order valence-corrected chi connectivity index (χ3v) is 19.3. The van der Waals surface area contributed by atoms with Gasteiger partial charge in [0.2, 0.25) is 5.28 Å². The Morgan fingerprint density at radius 2 is 1.04 bits per heavy atom. The summed E-state index contributed by atoms with van der Waals surface area (Å²) in [4.78, 5) is 82.9. The minimum atomic E-state index is -0.324. The van der Waals surface area contributed by atoms with E-state index in [1.165, 1.54) is 36.8 Å². The fourth-order valence-electron chi connectivity index (χ4n) is 12.7. The molecule has 21 nitrogen and oxygen atoms in total. The number of benzene rings is 4. The highest BCUT2D eigenvalue weighted by Gasteiger charge is 2.25. The second kappa shape index (κ2) is 28.7. The van der Waals surface area contributed by atoms with Crippen LogP contribution in [0, 0.1) is 0 Å². The molecular weight excluding hydrogens is 1330 g/mol. The van der Waals surface area contributed by atoms with Gasteiger partial charge in [0.25, 0.3) is 16.7 Å². The number of likely N-dealkylation sites (tertiary alicyclic amines) is 1. The third-order valence-electron chi connectivity index (χ3n) is 17.4. The van der Waals surface area contributed by atoms with Crippen molar-refractivity contribution < 1.29 is 0 Å². The molecule has 16 rings (SSSR count). The first-order valence-electron chi connectivity index (χ1n) is 32.1. The summed E-state index contributed by atoms with van der Waals surface area (Å²) in [5.74, 6) is 1.76. The van der Waals surface area contributed by atoms with Crippen LogP contribution in [0.5, 0.6) is 0 Å². The van der Waals surface area contributed by atoms with Gasteiger partial charge < -0.3 is 25.4 Å². The Balaban J connectivity index is 0.000000127. The van der Waals surface area contributed by atoms with E-state index in [1.54, 1.807) is 56.1 Å². The first-order valence-corrected chi connectivity index (χ1v) is 34.1. The molecule has 3 atom stereocenters. The number of halogens is 3. The number of anilines is 3. The van der Waals surface area contributed by atoms with E-state index in [4.69, 9.17) is 34.8 Å². The van der Waals surface area contributed by atoms with Gasteiger partial charge in [-0.1, -0.05) is 89.9 Å². The summed E-state index contributed by atoms with van der Waals surface area (Å²) >= 11 is 20.4. The number of hydrogen-bond acceptors (Lipinski definition) is 18. The summed E-state index contributed by atoms with van der Waals surface area (Å²) in [7, 11) is 1.86. The highest BCUT2D eigenvalue weighted by Crippen LogP contribution is 2.35. The molecule has 12 heterocycles. The zero-order valence-corrected chi connectivity index (χ0v) is 57.1. The molecule has 1 aliphatic heterocycles. The van der Waals surface area contributed by atoms with Crippen molar-refractivity contribution in [2.24, 2.45) is 7.05 Å². The Kier molecular flexibility index (Phi) is 18.9. The highest BCUT2D eigenvalue weighted by molar-refractivity contribution is 7.17. The molecule has 0 aliphatic carbocycles. The van der Waals surface area contributed by atoms with Crippen LogP contribution in [0.15, 0.2) is 215 Å². The van der Waals surface area contributed by atoms with Crippen LogP contribution >= 0.6 is 46.1 Å². The summed E-state index contributed by atoms with van der Waals surface area (Å²) in [6, 6.07) is 47.1. The van der Waals surface area contributed by atoms with Crippen LogP contribution in [0.2, 0.25) is 15.3 Å². The molecule has 25 heteroatoms. The van der Waals surface area contributed by atoms with Crippen LogP contribution in [0.1, 0.15) is 68.8 Å². The quantitative estimate of drug-likeness (QED) is 0.0809. The number of hydrogen-bond donors (Lipinski definition) is 3. The van der Waals surface area contributed by atoms with Crippen molar-refractivity contribution >= 4 is 128 Å². The van der Waals surface area contributed by atoms with Gasteiger partial charge in [0.05, 0.1) is 67.1 Å². The van der Waals surface area contributed by atoms with Gasteiger partial charge >= 0.3 is 0 Å². The number of nitrogens with zero attached hydrogens (tertiary/aromatic N) is 15. The summed E-state index contributed by atoms with van der Waals surface area (Å²) in [5, 5.41) is 20.9. The van der Waals surface area contributed by atoms with Crippen molar-refractivity contribution in [1.29, 1.82) is 0 Å². The van der Waals surface area contributed by atoms with Crippen molar-refractivity contribution in [1.82, 2.24) is 73.2 Å². The van der Waals surface area contributed by atoms with Crippen molar-refractivity contribution in [2.45, 2.75) is 58.3 Å². The van der Waals surface area contributed by atoms with E-state index in [1.807, 2.05) is 172 Å². The van der Waals surface area contributed by atoms with E-state index in [0.29, 0.717) is 72.3 Å². The van der Waals surface area contributed by atoms with Crippen molar-refractivity contribution in [3.05, 3.63) is 264 Å². The van der Waals surface area contributed by atoms with Crippen molar-refractivity contribution in [2.75, 3.05) is 35.6 Å². The van der Waals surface area contributed by atoms with E-state index in [9.17, 15) is 14.4 Å². The number of fused-ring (bicyclic) bond motifs is 6. The topological polar surface area (TPSA) is 239 Å². The SMILES string of the molecule is C[C@H](Nc1nc(Cl)nc2cccnc12)c1cc2cccc(-c3cnn(C)c3)c2c(=O)n1-c1ccccc1.C[C@H](Nc1ncnc2cccnc12)c1cc2cccc(Cl)c2c(=O)n1CCN1CCCC1.C[C@H](Nc1ncnc2cccnc12)c1cc2scc(Cl)c2c(=O)n1-c1ccccc1. The van der Waals surface area contributed by atoms with Crippen LogP contribution in [-0.4, -0.2) is 92.9 Å². The molecule has 1 saturated heterocycles. The average molecular weight is 1390 g/mol. The Bertz CT molecular complexity index is 5680. The van der Waals surface area contributed by atoms with Gasteiger partial charge in [0.15, 0.2) is 17.5 Å². The molecule has 0 amide bonds. The number of rotatable bonds is 15. The van der Waals surface area contributed by atoms with E-state index >= 15 is 0 Å². The highest BCUT2D eigenvalue weighted by atomic mass is 35.5. The fourth-order valence-corrected chi connectivity index (χ4v) is 14.4. The number of para-hydroxylation sites is 2. The fraction of sp³-hybridized carbons (Fsp3) is 0.176. The molecule has 1 fully saturated rings. The standard InChI is InChI=1S/C28H22ClN7O.C24H25ClN6O.C22H16ClN5OS/c1-17(32-26-25-22(12-7-13-30-25)33-28(29)34-26)23-14-18-8-6-11-21(19-15-31-35(2)16-19)24(18)27(37)36(23)20-9-4-3-5-10-20;1-16(29-23-22-19(27-15-28-23)8-5-9-26-22)20-14-17-6-4-7-18(25)21(17)24(32)31(20)13-12-30-10-2-3-11-30;1-13(27-21-20-16(25-12-26-21)8-5-9-24-20)17-10-18-19(15(23)11-30-18)22(29)28(17)14-6-3-2-4-7-14/h3-17H,1-2H3,(H,32,33,34);4-9,14-16H,2-3,10-13H2,1H3,(H,27,28,29);2-13H,1H3,(H,25,26,27)/t17-;16-;13-/m000/s1. The van der Waals surface area contributed by atoms with Crippen LogP contribution in [0.3, 0.4) is 0 Å². The van der Waals surface area contributed by atoms with Crippen LogP contribution < -0.4 is 32.6 Å². The molecule has 3 N–H and O–H groups in total. The predicted octanol–water partition coefficient (Wildman–Crippen LogP) is 15.0. The zero-order valence-electron chi connectivity index (χ0n) is 54.0. The van der Waals surface area contributed by atoms with Crippen LogP contribution in [0.4, 0.5) is 17.5 Å². The molecule has 4 aromatic carbocycles. The lowest BCUT2D eigenvalue weighted by Crippen LogP contribution is -2.32. The third kappa shape index (κ3) is 13.5. The number of pyridine rings is 6. The minimum Gasteiger partial charge on any atom is -0.360 e. The minimum absolute atomic E-state index is 0.0541. The predicted molar refractivity (Wildman–Crippen MR) is 396 cm³/mol. The Morgan fingerprint density at radius 1 is 0.505 bits per heavy atom. The second-order valence-corrected chi connectivity index (χ2v) is 25.9. The normalized spacial score (nSPS) is 13.3. The summed E-state index contributed by atoms with van der Waals surface area (Å²) in [6.45, 7) is 9.64. The molecule has 494 valence electrons. The van der Waals surface area contributed by atoms with Crippen molar-refractivity contribution in [3.8, 4) is 22.5 Å². The first-order chi connectivity index (χ1) is 48.2. The van der Waals surface area contributed by atoms with Gasteiger partial charge in [-0.15, -0.1) is 11.3 Å². The molecule has 0 saturated carbocycles. The molecule has 0 bridgehead atoms. The van der Waals surface area contributed by atoms with Gasteiger partial charge in [-0.2, -0.15) is 10.1 Å². The molecule has 0 unspecified atom stereocenters. The van der Waals surface area contributed by atoms with Gasteiger partial charge in [-0.3, -0.25) is 43.2 Å². The zero-order chi connectivity index (χ0) is 68.3. The number of aromatic nitrogens is 14. The summed E-state index contributed by atoms with van der Waals surface area (Å²) in [6.07, 6.45) is 14.3. The lowest BCUT2D eigenvalue weighted by atomic mass is 9.99. The van der Waals surface area contributed by atoms with Crippen LogP contribution in [-0.2, 0) is 13.6 Å². The molecule has 11 aromatic heterocycles. The molecule has 0 spiro atoms. The summed E-state index contributed by atoms with van der Waals surface area (Å²) < 4.78 is 7.90. The largest absolute Gasteiger partial charge is 0.360 e. The maximum atomic E-state index is 14.2. The number of nitrogens with one attached hydrogen (secondary N) is 3. The van der Waals surface area contributed by atoms with Crippen LogP contribution in [0.25, 0.3) is 87.2 Å². The van der Waals surface area contributed by atoms with Gasteiger partial charge in [0.1, 0.15) is 29.2 Å². The average Bonchev–Trinajstić information content (AvgIpc) is 1.73. The molecule has 1 aliphatic rings. The lowest BCUT2D eigenvalue weighted by Gasteiger charge is -2.23. The van der Waals surface area contributed by atoms with Gasteiger partial charge in [0, 0.05) is 89.0 Å². The van der Waals surface area contributed by atoms with Gasteiger partial charge in [-0.25, -0.2) is 24.9 Å². The summed E-state index contributed by atoms with van der Waals surface area (Å²) in [5.41, 5.74) is 9.58. The number of aryl methyl sites for hydroxylation is 1. The van der Waals surface area contributed by atoms with Crippen molar-refractivity contribution in [3.63, 3.8) is 0 Å². The van der Waals surface area contributed by atoms with E-state index < -0.39 is 0 Å². The smallest absolute Gasteiger partial charge is 0.265 e. The second-order valence-electron chi connectivity index (χ2n) is 23.9. The number of thiophene rings is 1. The molecule has 15 aromatic rings. The van der Waals surface area contributed by atoms with E-state index in [-0.39, 0.29) is 40.1 Å². The van der Waals surface area contributed by atoms with E-state index in [2.05, 4.69) is 76.9 Å². The Hall–Kier alpha value is -10.9. The first kappa shape index (κ1) is 65.4. The van der Waals surface area contributed by atoms with E-state index in [0.717, 1.165) is 85.7 Å². The molecule has 99 heavy (non-hydrogen) atoms. The molecule has 0 radical (unpaired) electrons. The lowest BCUT2D eigenvalue weighted by molar-refractivity contribution is 0.318. The maximum Gasteiger partial charge on any atom is 0.265 e. The van der Waals surface area contributed by atoms with Gasteiger partial charge in [-0.05, 0) is 160 Å². The maximum absolute atomic E-state index is 14.2. The molecular formula is C74H63Cl3N18O3S. The Labute approximate surface area is 585 Å².